The zero-order chi connectivity index (χ0) is 17.3. The van der Waals surface area contributed by atoms with Gasteiger partial charge in [-0.05, 0) is 24.3 Å². The van der Waals surface area contributed by atoms with E-state index in [2.05, 4.69) is 4.98 Å². The maximum atomic E-state index is 12.9. The average molecular weight is 344 g/mol. The van der Waals surface area contributed by atoms with Gasteiger partial charge in [-0.25, -0.2) is 4.98 Å². The van der Waals surface area contributed by atoms with Crippen molar-refractivity contribution in [2.45, 2.75) is 27.3 Å². The van der Waals surface area contributed by atoms with E-state index in [9.17, 15) is 4.79 Å². The van der Waals surface area contributed by atoms with Crippen molar-refractivity contribution in [2.75, 3.05) is 12.0 Å². The number of nitrogens with zero attached hydrogens (tertiary/aromatic N) is 2. The van der Waals surface area contributed by atoms with Gasteiger partial charge in [-0.1, -0.05) is 38.2 Å². The number of benzene rings is 1. The van der Waals surface area contributed by atoms with E-state index in [0.29, 0.717) is 17.4 Å². The first-order valence-electron chi connectivity index (χ1n) is 7.68. The molecule has 1 amide bonds. The van der Waals surface area contributed by atoms with Crippen LogP contribution in [0.15, 0.2) is 41.0 Å². The van der Waals surface area contributed by atoms with E-state index in [0.717, 1.165) is 16.0 Å². The molecule has 0 N–H and O–H groups in total. The Kier molecular flexibility index (Phi) is 4.32. The van der Waals surface area contributed by atoms with Gasteiger partial charge in [0.15, 0.2) is 5.13 Å². The largest absolute Gasteiger partial charge is 0.494 e. The number of amides is 1. The van der Waals surface area contributed by atoms with Gasteiger partial charge < -0.3 is 9.15 Å². The number of aromatic nitrogens is 1. The summed E-state index contributed by atoms with van der Waals surface area (Å²) in [6.07, 6.45) is 1.61. The molecule has 6 heteroatoms. The number of fused-ring (bicyclic) bond motifs is 1. The molecule has 0 radical (unpaired) electrons. The number of carbonyl (C=O) groups is 1. The Hall–Kier alpha value is -2.34. The Labute approximate surface area is 144 Å². The van der Waals surface area contributed by atoms with Crippen LogP contribution in [-0.4, -0.2) is 18.0 Å². The van der Waals surface area contributed by atoms with Crippen LogP contribution < -0.4 is 9.64 Å². The molecule has 2 heterocycles. The van der Waals surface area contributed by atoms with Crippen molar-refractivity contribution in [3.63, 3.8) is 0 Å². The summed E-state index contributed by atoms with van der Waals surface area (Å²) in [4.78, 5) is 19.3. The molecule has 3 aromatic rings. The lowest BCUT2D eigenvalue weighted by Crippen LogP contribution is -2.39. The highest BCUT2D eigenvalue weighted by atomic mass is 32.1. The van der Waals surface area contributed by atoms with E-state index in [1.54, 1.807) is 18.3 Å². The molecule has 24 heavy (non-hydrogen) atoms. The number of anilines is 1. The number of thiazole rings is 1. The van der Waals surface area contributed by atoms with Gasteiger partial charge in [0, 0.05) is 5.41 Å². The molecule has 0 saturated carbocycles. The van der Waals surface area contributed by atoms with Crippen LogP contribution in [0.1, 0.15) is 26.5 Å². The van der Waals surface area contributed by atoms with Gasteiger partial charge in [0.1, 0.15) is 17.0 Å². The lowest BCUT2D eigenvalue weighted by molar-refractivity contribution is -0.126. The predicted octanol–water partition coefficient (Wildman–Crippen LogP) is 4.48. The Bertz CT molecular complexity index is 847. The first kappa shape index (κ1) is 16.5. The van der Waals surface area contributed by atoms with E-state index in [1.807, 2.05) is 51.1 Å². The molecule has 0 bridgehead atoms. The molecule has 0 aliphatic rings. The zero-order valence-electron chi connectivity index (χ0n) is 14.2. The van der Waals surface area contributed by atoms with Crippen LogP contribution in [-0.2, 0) is 11.3 Å². The van der Waals surface area contributed by atoms with Crippen LogP contribution >= 0.6 is 11.3 Å². The highest BCUT2D eigenvalue weighted by molar-refractivity contribution is 7.22. The third-order valence-corrected chi connectivity index (χ3v) is 4.65. The zero-order valence-corrected chi connectivity index (χ0v) is 15.0. The standard InChI is InChI=1S/C18H20N2O3S/c1-18(2,3)16(21)20(11-12-7-6-10-23-12)17-19-15-13(22-4)8-5-9-14(15)24-17/h5-10H,11H2,1-4H3. The summed E-state index contributed by atoms with van der Waals surface area (Å²) >= 11 is 1.47. The highest BCUT2D eigenvalue weighted by Gasteiger charge is 2.31. The third kappa shape index (κ3) is 3.14. The summed E-state index contributed by atoms with van der Waals surface area (Å²) in [5, 5.41) is 0.644. The number of hydrogen-bond acceptors (Lipinski definition) is 5. The second kappa shape index (κ2) is 6.28. The van der Waals surface area contributed by atoms with Crippen LogP contribution in [0.25, 0.3) is 10.2 Å². The third-order valence-electron chi connectivity index (χ3n) is 3.60. The Balaban J connectivity index is 2.06. The van der Waals surface area contributed by atoms with Crippen molar-refractivity contribution in [1.29, 1.82) is 0 Å². The topological polar surface area (TPSA) is 55.6 Å². The summed E-state index contributed by atoms with van der Waals surface area (Å²) in [6.45, 7) is 6.06. The molecule has 0 fully saturated rings. The van der Waals surface area contributed by atoms with Gasteiger partial charge in [0.2, 0.25) is 5.91 Å². The van der Waals surface area contributed by atoms with Crippen LogP contribution in [0.3, 0.4) is 0 Å². The first-order valence-corrected chi connectivity index (χ1v) is 8.49. The summed E-state index contributed by atoms with van der Waals surface area (Å²) in [5.74, 6) is 1.42. The second-order valence-electron chi connectivity index (χ2n) is 6.52. The molecule has 2 aromatic heterocycles. The molecule has 0 aliphatic heterocycles. The quantitative estimate of drug-likeness (QED) is 0.700. The second-order valence-corrected chi connectivity index (χ2v) is 7.53. The Morgan fingerprint density at radius 1 is 1.29 bits per heavy atom. The number of methoxy groups -OCH3 is 1. The summed E-state index contributed by atoms with van der Waals surface area (Å²) in [7, 11) is 1.62. The van der Waals surface area contributed by atoms with E-state index >= 15 is 0 Å². The van der Waals surface area contributed by atoms with Gasteiger partial charge in [0.05, 0.1) is 24.6 Å². The summed E-state index contributed by atoms with van der Waals surface area (Å²) < 4.78 is 11.8. The predicted molar refractivity (Wildman–Crippen MR) is 95.5 cm³/mol. The number of ether oxygens (including phenoxy) is 1. The minimum atomic E-state index is -0.519. The monoisotopic (exact) mass is 344 g/mol. The van der Waals surface area contributed by atoms with Crippen molar-refractivity contribution in [3.8, 4) is 5.75 Å². The van der Waals surface area contributed by atoms with Gasteiger partial charge >= 0.3 is 0 Å². The maximum absolute atomic E-state index is 12.9. The Morgan fingerprint density at radius 3 is 2.71 bits per heavy atom. The molecule has 0 aliphatic carbocycles. The van der Waals surface area contributed by atoms with E-state index in [-0.39, 0.29) is 5.91 Å². The minimum Gasteiger partial charge on any atom is -0.494 e. The van der Waals surface area contributed by atoms with Crippen LogP contribution in [0.4, 0.5) is 5.13 Å². The lowest BCUT2D eigenvalue weighted by atomic mass is 9.95. The van der Waals surface area contributed by atoms with Gasteiger partial charge in [-0.15, -0.1) is 0 Å². The number of hydrogen-bond donors (Lipinski definition) is 0. The minimum absolute atomic E-state index is 0.00285. The first-order chi connectivity index (χ1) is 11.4. The normalized spacial score (nSPS) is 11.7. The summed E-state index contributed by atoms with van der Waals surface area (Å²) in [6, 6.07) is 9.44. The molecule has 0 unspecified atom stereocenters. The fraction of sp³-hybridized carbons (Fsp3) is 0.333. The molecular formula is C18H20N2O3S. The van der Waals surface area contributed by atoms with Crippen molar-refractivity contribution in [1.82, 2.24) is 4.98 Å². The van der Waals surface area contributed by atoms with Gasteiger partial charge in [-0.3, -0.25) is 9.69 Å². The van der Waals surface area contributed by atoms with Crippen LogP contribution in [0.2, 0.25) is 0 Å². The molecule has 5 nitrogen and oxygen atoms in total. The smallest absolute Gasteiger partial charge is 0.234 e. The van der Waals surface area contributed by atoms with E-state index in [4.69, 9.17) is 9.15 Å². The SMILES string of the molecule is COc1cccc2sc(N(Cc3ccco3)C(=O)C(C)(C)C)nc12. The molecule has 3 rings (SSSR count). The fourth-order valence-electron chi connectivity index (χ4n) is 2.38. The lowest BCUT2D eigenvalue weighted by Gasteiger charge is -2.26. The maximum Gasteiger partial charge on any atom is 0.234 e. The average Bonchev–Trinajstić information content (AvgIpc) is 3.19. The number of rotatable bonds is 4. The molecule has 0 saturated heterocycles. The fourth-order valence-corrected chi connectivity index (χ4v) is 3.36. The molecule has 0 spiro atoms. The van der Waals surface area contributed by atoms with Crippen molar-refractivity contribution in [3.05, 3.63) is 42.4 Å². The van der Waals surface area contributed by atoms with Gasteiger partial charge in [0.25, 0.3) is 0 Å². The van der Waals surface area contributed by atoms with Crippen molar-refractivity contribution < 1.29 is 13.9 Å². The molecule has 126 valence electrons. The van der Waals surface area contributed by atoms with E-state index in [1.165, 1.54) is 11.3 Å². The van der Waals surface area contributed by atoms with Crippen molar-refractivity contribution >= 4 is 32.6 Å². The summed E-state index contributed by atoms with van der Waals surface area (Å²) in [5.41, 5.74) is 0.250. The van der Waals surface area contributed by atoms with Crippen LogP contribution in [0.5, 0.6) is 5.75 Å². The van der Waals surface area contributed by atoms with Crippen molar-refractivity contribution in [2.24, 2.45) is 5.41 Å². The number of carbonyl (C=O) groups excluding carboxylic acids is 1. The van der Waals surface area contributed by atoms with E-state index < -0.39 is 5.41 Å². The molecule has 1 aromatic carbocycles. The molecular weight excluding hydrogens is 324 g/mol. The number of furan rings is 1. The van der Waals surface area contributed by atoms with Crippen LogP contribution in [0, 0.1) is 5.41 Å². The highest BCUT2D eigenvalue weighted by Crippen LogP contribution is 2.36. The molecule has 0 atom stereocenters. The Morgan fingerprint density at radius 2 is 2.08 bits per heavy atom. The number of para-hydroxylation sites is 1. The van der Waals surface area contributed by atoms with Gasteiger partial charge in [-0.2, -0.15) is 0 Å².